The molecule has 6 aliphatic carbocycles. The van der Waals surface area contributed by atoms with Crippen molar-refractivity contribution >= 4 is 64.6 Å². The Labute approximate surface area is 836 Å². The topological polar surface area (TPSA) is 377 Å². The van der Waals surface area contributed by atoms with Crippen molar-refractivity contribution in [3.63, 3.8) is 0 Å². The molecule has 780 valence electrons. The Hall–Kier alpha value is -8.89. The maximum atomic E-state index is 16.2. The van der Waals surface area contributed by atoms with E-state index in [-0.39, 0.29) is 76.3 Å². The van der Waals surface area contributed by atoms with Crippen LogP contribution in [0.5, 0.6) is 0 Å². The van der Waals surface area contributed by atoms with Crippen LogP contribution in [0.4, 0.5) is 18.4 Å². The number of amides is 3. The summed E-state index contributed by atoms with van der Waals surface area (Å²) in [6.45, 7) is 60.7. The predicted octanol–water partition coefficient (Wildman–Crippen LogP) is 18.5. The van der Waals surface area contributed by atoms with E-state index in [2.05, 4.69) is 70.0 Å². The molecular weight excluding hydrogens is 1860 g/mol. The molecule has 30 nitrogen and oxygen atoms in total. The van der Waals surface area contributed by atoms with Gasteiger partial charge in [0, 0.05) is 60.7 Å². The summed E-state index contributed by atoms with van der Waals surface area (Å²) in [4.78, 5) is 119. The zero-order chi connectivity index (χ0) is 105. The maximum Gasteiger partial charge on any atom is 0.417 e. The molecule has 4 bridgehead atoms. The molecule has 2 aromatic heterocycles. The number of imide groups is 1. The lowest BCUT2D eigenvalue weighted by atomic mass is 9.45. The number of rotatable bonds is 24. The molecule has 142 heavy (non-hydrogen) atoms. The SMILES string of the molecule is C=C[C@@H]1O[C@@H]2C3=C(C)[C@@H](O)C[C@@](O)([C@@H](OC(=O)c4ccccc4)[C@H]4[C@@](C)(CC[C@H]5OC[C@]54OC(C)=O)[C@@H]2O1)C3(C)C.C=C[C@@H]1O[C@@H]2C3=C(C)[C@@H](OC(=O)[C@H](O[Si](C(C)C)(C(C)C)C(C)C)[C@@H](NC(=O)OC(C)(C)C)c4ncccc4F)C[C@@](O)([C@@H](OC(=O)c4ccccc4)[C@H]4[C@@](C)(CC[C@H]5OC[C@]54OC(C)=O)[C@@H]2O1)C3(C)C.CC(C)[Si](OC1C(=O)N(C(=O)OC(C)(C)C)C1c1ncccc1F)(C(C)C)C(C)C. The van der Waals surface area contributed by atoms with Crippen molar-refractivity contribution in [3.8, 4) is 0 Å². The van der Waals surface area contributed by atoms with E-state index >= 15 is 9.18 Å². The summed E-state index contributed by atoms with van der Waals surface area (Å²) in [5.74, 6) is -7.05. The van der Waals surface area contributed by atoms with E-state index < -0.39 is 241 Å². The van der Waals surface area contributed by atoms with Crippen molar-refractivity contribution in [2.75, 3.05) is 13.2 Å². The summed E-state index contributed by atoms with van der Waals surface area (Å²) in [6.07, 6.45) is -7.53. The van der Waals surface area contributed by atoms with Crippen molar-refractivity contribution in [1.82, 2.24) is 20.2 Å². The Morgan fingerprint density at radius 2 is 0.986 bits per heavy atom. The number of esters is 5. The third-order valence-electron chi connectivity index (χ3n) is 32.8. The van der Waals surface area contributed by atoms with Gasteiger partial charge in [0.15, 0.2) is 36.0 Å². The minimum Gasteiger partial charge on any atom is -0.456 e. The Bertz CT molecular complexity index is 5410. The summed E-state index contributed by atoms with van der Waals surface area (Å²) in [5, 5.41) is 41.4. The minimum atomic E-state index is -3.13. The lowest BCUT2D eigenvalue weighted by molar-refractivity contribution is -0.345. The highest BCUT2D eigenvalue weighted by Gasteiger charge is 2.80. The van der Waals surface area contributed by atoms with Crippen molar-refractivity contribution in [3.05, 3.63) is 179 Å². The molecule has 9 fully saturated rings. The zero-order valence-electron chi connectivity index (χ0n) is 87.6. The van der Waals surface area contributed by atoms with Gasteiger partial charge in [0.25, 0.3) is 5.91 Å². The monoisotopic (exact) mass is 2010 g/mol. The first-order valence-corrected chi connectivity index (χ1v) is 54.3. The average molecular weight is 2010 g/mol. The first kappa shape index (κ1) is 110. The molecule has 2 unspecified atom stereocenters. The average Bonchev–Trinajstić information content (AvgIpc) is 1.19. The first-order chi connectivity index (χ1) is 66.1. The van der Waals surface area contributed by atoms with Gasteiger partial charge in [-0.3, -0.25) is 24.4 Å². The van der Waals surface area contributed by atoms with Crippen LogP contribution in [0.2, 0.25) is 33.2 Å². The number of likely N-dealkylation sites (tertiary alicyclic amines) is 1. The predicted molar refractivity (Wildman–Crippen MR) is 525 cm³/mol. The van der Waals surface area contributed by atoms with Gasteiger partial charge in [-0.1, -0.05) is 174 Å². The molecule has 4 aromatic rings. The number of carbonyl (C=O) groups excluding carboxylic acids is 8. The van der Waals surface area contributed by atoms with E-state index in [4.69, 9.17) is 70.4 Å². The van der Waals surface area contributed by atoms with Gasteiger partial charge in [0.1, 0.15) is 100 Å². The molecule has 34 heteroatoms. The molecule has 4 saturated carbocycles. The normalized spacial score (nSPS) is 33.0. The highest BCUT2D eigenvalue weighted by atomic mass is 28.4. The Kier molecular flexibility index (Phi) is 31.7. The number of carbonyl (C=O) groups is 8. The summed E-state index contributed by atoms with van der Waals surface area (Å²) in [7, 11) is -5.59. The molecule has 15 rings (SSSR count). The third-order valence-corrected chi connectivity index (χ3v) is 44.9. The fraction of sp³-hybridized carbons (Fsp3) is 0.648. The van der Waals surface area contributed by atoms with Crippen LogP contribution in [0.25, 0.3) is 0 Å². The quantitative estimate of drug-likeness (QED) is 0.0166. The number of hydrogen-bond donors (Lipinski definition) is 4. The number of benzene rings is 2. The Morgan fingerprint density at radius 1 is 0.563 bits per heavy atom. The number of aliphatic hydroxyl groups excluding tert-OH is 1. The number of fused-ring (bicyclic) bond motifs is 16. The lowest BCUT2D eigenvalue weighted by Crippen LogP contribution is -2.79. The molecule has 24 atom stereocenters. The summed E-state index contributed by atoms with van der Waals surface area (Å²) in [5.41, 5.74) is -9.30. The number of β-lactam (4-membered cyclic amide) rings is 1. The fourth-order valence-corrected chi connectivity index (χ4v) is 37.4. The van der Waals surface area contributed by atoms with Crippen molar-refractivity contribution in [2.45, 2.75) is 397 Å². The Morgan fingerprint density at radius 3 is 1.38 bits per heavy atom. The van der Waals surface area contributed by atoms with Crippen LogP contribution < -0.4 is 5.32 Å². The number of aliphatic hydroxyl groups is 3. The molecule has 3 amide bonds. The molecule has 4 N–H and O–H groups in total. The van der Waals surface area contributed by atoms with Gasteiger partial charge in [0.05, 0.1) is 54.5 Å². The van der Waals surface area contributed by atoms with Gasteiger partial charge in [-0.2, -0.15) is 0 Å². The fourth-order valence-electron chi connectivity index (χ4n) is 26.4. The van der Waals surface area contributed by atoms with Crippen molar-refractivity contribution in [1.29, 1.82) is 0 Å². The van der Waals surface area contributed by atoms with E-state index in [0.717, 1.165) is 10.5 Å². The maximum absolute atomic E-state index is 16.2. The van der Waals surface area contributed by atoms with E-state index in [1.165, 1.54) is 56.6 Å². The van der Waals surface area contributed by atoms with Crippen LogP contribution in [0.1, 0.15) is 277 Å². The van der Waals surface area contributed by atoms with Crippen molar-refractivity contribution in [2.24, 2.45) is 33.5 Å². The second kappa shape index (κ2) is 40.7. The smallest absolute Gasteiger partial charge is 0.417 e. The van der Waals surface area contributed by atoms with Gasteiger partial charge >= 0.3 is 42.0 Å². The number of hydrogen-bond acceptors (Lipinski definition) is 28. The summed E-state index contributed by atoms with van der Waals surface area (Å²) < 4.78 is 127. The second-order valence-electron chi connectivity index (χ2n) is 45.9. The second-order valence-corrected chi connectivity index (χ2v) is 56.7. The minimum absolute atomic E-state index is 0.0205. The van der Waals surface area contributed by atoms with Crippen LogP contribution in [-0.4, -0.2) is 227 Å². The number of nitrogens with one attached hydrogen (secondary N) is 1. The van der Waals surface area contributed by atoms with Gasteiger partial charge in [-0.15, -0.1) is 0 Å². The summed E-state index contributed by atoms with van der Waals surface area (Å²) >= 11 is 0. The van der Waals surface area contributed by atoms with Crippen LogP contribution in [0, 0.1) is 45.1 Å². The zero-order valence-corrected chi connectivity index (χ0v) is 89.6. The van der Waals surface area contributed by atoms with Crippen LogP contribution in [-0.2, 0) is 89.6 Å². The largest absolute Gasteiger partial charge is 0.456 e. The van der Waals surface area contributed by atoms with Gasteiger partial charge < -0.3 is 91.1 Å². The number of pyridine rings is 2. The standard InChI is InChI=1S/C54H75FN2O13Si.C32H40O9.C22H35FN2O4Si/c1-16-38-65-42-39-32(8)36(64-48(60)43(70-71(29(2)3,30(4)5)31(6)7)41(40-35(55)23-20-26-56-40)57-49(61)69-50(10,11)12)27-54(62,51(39,13)14)46(67-47(59)34-21-18-17-19-22-34)44-52(15,45(42)66-38)25-24-37-53(44,28-63-37)68-33(9)58;1-7-22-38-24-23-17(2)20(34)15-32(36,29(23,4)5)27(40-28(35)19-11-9-8-10-12-19)25-30(6,26(24)39-22)14-13-21-31(25,16-37-21)41-18(3)33;1-13(2)30(14(3)4,15(5)6)29-19-18(17-16(23)11-10-12-24-17)25(20(19)26)21(27)28-22(7,8)9/h16-23,26,29-31,36-38,41-46,62H,1,24-25,27-28H2,2-15H3,(H,57,61);7-12,20-22,24-27,34,36H,1,13-16H2,2-6H3;10-15,18-19H,1-9H3/t36-,37+,38+,41-,42+,43+,44-,45+,46-,52+,53-,54+;20-,21+,22+,24+,25-,26+,27-,30+,31-,32+;/m00./s1. The molecule has 0 spiro atoms. The third kappa shape index (κ3) is 19.3. The van der Waals surface area contributed by atoms with Gasteiger partial charge in [-0.25, -0.2) is 37.7 Å². The van der Waals surface area contributed by atoms with E-state index in [1.54, 1.807) is 115 Å². The molecule has 5 saturated heterocycles. The van der Waals surface area contributed by atoms with Crippen molar-refractivity contribution < 1.29 is 133 Å². The molecule has 2 aromatic carbocycles. The highest BCUT2D eigenvalue weighted by molar-refractivity contribution is 6.78. The van der Waals surface area contributed by atoms with Crippen LogP contribution in [0.15, 0.2) is 145 Å². The van der Waals surface area contributed by atoms with E-state index in [1.807, 2.05) is 90.0 Å². The summed E-state index contributed by atoms with van der Waals surface area (Å²) in [6, 6.07) is 19.8. The number of nitrogens with zero attached hydrogens (tertiary/aromatic N) is 3. The van der Waals surface area contributed by atoms with Crippen LogP contribution >= 0.6 is 0 Å². The molecule has 11 aliphatic rings. The molecule has 7 heterocycles. The highest BCUT2D eigenvalue weighted by Crippen LogP contribution is 2.70. The van der Waals surface area contributed by atoms with Gasteiger partial charge in [0.2, 0.25) is 16.6 Å². The van der Waals surface area contributed by atoms with E-state index in [9.17, 15) is 53.3 Å². The lowest BCUT2D eigenvalue weighted by Gasteiger charge is -2.68. The first-order valence-electron chi connectivity index (χ1n) is 50.0. The number of ether oxygens (including phenoxy) is 13. The Balaban J connectivity index is 0.000000200. The molecule has 5 aliphatic heterocycles. The van der Waals surface area contributed by atoms with Gasteiger partial charge in [-0.05, 0) is 197 Å². The van der Waals surface area contributed by atoms with E-state index in [0.29, 0.717) is 48.0 Å². The molecular formula is C108H150F2N4O26Si2. The van der Waals surface area contributed by atoms with Crippen LogP contribution in [0.3, 0.4) is 0 Å². The number of alkyl carbamates (subject to hydrolysis) is 1. The molecule has 0 radical (unpaired) electrons. The number of halogens is 2. The number of aromatic nitrogens is 2.